The fraction of sp³-hybridized carbons (Fsp3) is 0.294. The number of sulfone groups is 1. The summed E-state index contributed by atoms with van der Waals surface area (Å²) < 4.78 is 24.6. The van der Waals surface area contributed by atoms with Crippen LogP contribution < -0.4 is 5.73 Å². The molecule has 0 amide bonds. The van der Waals surface area contributed by atoms with Gasteiger partial charge in [0.2, 0.25) is 0 Å². The minimum Gasteiger partial charge on any atom is -0.330 e. The van der Waals surface area contributed by atoms with Crippen LogP contribution in [-0.2, 0) is 16.3 Å². The second-order valence-electron chi connectivity index (χ2n) is 5.61. The van der Waals surface area contributed by atoms with Crippen molar-refractivity contribution in [3.8, 4) is 0 Å². The van der Waals surface area contributed by atoms with E-state index >= 15 is 0 Å². The first-order valence-corrected chi connectivity index (χ1v) is 8.82. The van der Waals surface area contributed by atoms with Gasteiger partial charge in [0.05, 0.1) is 10.6 Å². The Morgan fingerprint density at radius 3 is 2.43 bits per heavy atom. The molecule has 21 heavy (non-hydrogen) atoms. The van der Waals surface area contributed by atoms with Gasteiger partial charge in [-0.05, 0) is 36.1 Å². The van der Waals surface area contributed by atoms with Gasteiger partial charge in [0.15, 0.2) is 9.84 Å². The molecular formula is C17H19NO2S. The van der Waals surface area contributed by atoms with E-state index in [1.807, 2.05) is 30.3 Å². The Labute approximate surface area is 125 Å². The molecule has 0 radical (unpaired) electrons. The molecule has 0 bridgehead atoms. The predicted octanol–water partition coefficient (Wildman–Crippen LogP) is 2.38. The molecule has 0 aliphatic carbocycles. The van der Waals surface area contributed by atoms with Crippen LogP contribution in [-0.4, -0.2) is 20.7 Å². The zero-order chi connectivity index (χ0) is 14.9. The molecule has 0 aromatic heterocycles. The van der Waals surface area contributed by atoms with Crippen molar-refractivity contribution in [2.24, 2.45) is 11.7 Å². The average molecular weight is 301 g/mol. The topological polar surface area (TPSA) is 60.2 Å². The summed E-state index contributed by atoms with van der Waals surface area (Å²) in [4.78, 5) is 0.488. The maximum atomic E-state index is 12.3. The number of benzene rings is 2. The van der Waals surface area contributed by atoms with Crippen LogP contribution in [0.15, 0.2) is 59.5 Å². The van der Waals surface area contributed by atoms with Crippen LogP contribution in [0.1, 0.15) is 17.0 Å². The van der Waals surface area contributed by atoms with E-state index in [1.165, 1.54) is 5.56 Å². The van der Waals surface area contributed by atoms with Gasteiger partial charge in [-0.25, -0.2) is 8.42 Å². The van der Waals surface area contributed by atoms with E-state index in [1.54, 1.807) is 12.1 Å². The van der Waals surface area contributed by atoms with E-state index in [-0.39, 0.29) is 17.6 Å². The van der Waals surface area contributed by atoms with Crippen molar-refractivity contribution in [2.45, 2.75) is 17.2 Å². The smallest absolute Gasteiger partial charge is 0.179 e. The second-order valence-corrected chi connectivity index (χ2v) is 7.61. The fourth-order valence-corrected chi connectivity index (χ4v) is 5.15. The molecule has 110 valence electrons. The van der Waals surface area contributed by atoms with Crippen molar-refractivity contribution >= 4 is 9.84 Å². The minimum atomic E-state index is -3.16. The van der Waals surface area contributed by atoms with Gasteiger partial charge in [-0.2, -0.15) is 0 Å². The van der Waals surface area contributed by atoms with E-state index in [9.17, 15) is 8.42 Å². The molecule has 2 unspecified atom stereocenters. The van der Waals surface area contributed by atoms with E-state index in [0.29, 0.717) is 11.4 Å². The quantitative estimate of drug-likeness (QED) is 0.943. The molecular weight excluding hydrogens is 282 g/mol. The molecule has 0 saturated heterocycles. The van der Waals surface area contributed by atoms with Gasteiger partial charge in [0.1, 0.15) is 0 Å². The van der Waals surface area contributed by atoms with Crippen LogP contribution in [0.5, 0.6) is 0 Å². The monoisotopic (exact) mass is 301 g/mol. The number of hydrogen-bond acceptors (Lipinski definition) is 3. The van der Waals surface area contributed by atoms with Crippen LogP contribution in [0.3, 0.4) is 0 Å². The molecule has 0 spiro atoms. The number of hydrogen-bond donors (Lipinski definition) is 1. The van der Waals surface area contributed by atoms with Crippen LogP contribution in [0.2, 0.25) is 0 Å². The van der Waals surface area contributed by atoms with Crippen LogP contribution in [0, 0.1) is 5.92 Å². The molecule has 2 aromatic rings. The highest BCUT2D eigenvalue weighted by Gasteiger charge is 2.38. The van der Waals surface area contributed by atoms with E-state index in [0.717, 1.165) is 12.0 Å². The van der Waals surface area contributed by atoms with Crippen molar-refractivity contribution in [1.82, 2.24) is 0 Å². The molecule has 4 heteroatoms. The fourth-order valence-electron chi connectivity index (χ4n) is 3.18. The summed E-state index contributed by atoms with van der Waals surface area (Å²) in [6.45, 7) is 0.489. The van der Waals surface area contributed by atoms with Crippen molar-refractivity contribution in [3.05, 3.63) is 65.7 Å². The number of rotatable bonds is 4. The van der Waals surface area contributed by atoms with Crippen LogP contribution in [0.25, 0.3) is 0 Å². The molecule has 3 rings (SSSR count). The Morgan fingerprint density at radius 1 is 1.05 bits per heavy atom. The first-order chi connectivity index (χ1) is 10.1. The summed E-state index contributed by atoms with van der Waals surface area (Å²) in [7, 11) is -3.16. The van der Waals surface area contributed by atoms with Gasteiger partial charge in [0.25, 0.3) is 0 Å². The molecule has 1 aliphatic rings. The Morgan fingerprint density at radius 2 is 1.71 bits per heavy atom. The summed E-state index contributed by atoms with van der Waals surface area (Å²) in [5.74, 6) is 0.323. The lowest BCUT2D eigenvalue weighted by Gasteiger charge is -2.22. The van der Waals surface area contributed by atoms with Crippen LogP contribution in [0.4, 0.5) is 0 Å². The molecule has 2 aromatic carbocycles. The van der Waals surface area contributed by atoms with Crippen molar-refractivity contribution in [3.63, 3.8) is 0 Å². The highest BCUT2D eigenvalue weighted by atomic mass is 32.2. The van der Waals surface area contributed by atoms with Crippen LogP contribution >= 0.6 is 0 Å². The van der Waals surface area contributed by atoms with Gasteiger partial charge in [-0.3, -0.25) is 0 Å². The minimum absolute atomic E-state index is 0.00333. The third kappa shape index (κ3) is 2.74. The highest BCUT2D eigenvalue weighted by molar-refractivity contribution is 7.91. The Balaban J connectivity index is 1.93. The number of fused-ring (bicyclic) bond motifs is 1. The summed E-state index contributed by atoms with van der Waals surface area (Å²) >= 11 is 0. The standard InChI is InChI=1S/C17H19NO2S/c18-11-14(10-13-6-2-1-3-7-13)16-12-21(19,20)17-9-5-4-8-15(16)17/h1-9,14,16H,10-12,18H2. The second kappa shape index (κ2) is 5.62. The SMILES string of the molecule is NCC(Cc1ccccc1)C1CS(=O)(=O)c2ccccc21. The third-order valence-corrected chi connectivity index (χ3v) is 6.10. The van der Waals surface area contributed by atoms with E-state index in [2.05, 4.69) is 12.1 Å². The molecule has 1 aliphatic heterocycles. The zero-order valence-electron chi connectivity index (χ0n) is 11.8. The maximum absolute atomic E-state index is 12.3. The van der Waals surface area contributed by atoms with Gasteiger partial charge >= 0.3 is 0 Å². The first kappa shape index (κ1) is 14.3. The van der Waals surface area contributed by atoms with Crippen molar-refractivity contribution in [1.29, 1.82) is 0 Å². The Bertz CT molecular complexity index is 725. The van der Waals surface area contributed by atoms with Crippen molar-refractivity contribution < 1.29 is 8.42 Å². The lowest BCUT2D eigenvalue weighted by Crippen LogP contribution is -2.25. The molecule has 2 N–H and O–H groups in total. The van der Waals surface area contributed by atoms with Crippen molar-refractivity contribution in [2.75, 3.05) is 12.3 Å². The molecule has 0 fully saturated rings. The molecule has 1 heterocycles. The van der Waals surface area contributed by atoms with E-state index in [4.69, 9.17) is 5.73 Å². The first-order valence-electron chi connectivity index (χ1n) is 7.17. The summed E-state index contributed by atoms with van der Waals surface area (Å²) in [6, 6.07) is 17.5. The van der Waals surface area contributed by atoms with Gasteiger partial charge < -0.3 is 5.73 Å². The zero-order valence-corrected chi connectivity index (χ0v) is 12.6. The maximum Gasteiger partial charge on any atom is 0.179 e. The lowest BCUT2D eigenvalue weighted by molar-refractivity contribution is 0.457. The number of nitrogens with two attached hydrogens (primary N) is 1. The predicted molar refractivity (Wildman–Crippen MR) is 83.9 cm³/mol. The lowest BCUT2D eigenvalue weighted by atomic mass is 9.83. The summed E-state index contributed by atoms with van der Waals surface area (Å²) in [6.07, 6.45) is 0.811. The van der Waals surface area contributed by atoms with Gasteiger partial charge in [-0.1, -0.05) is 48.5 Å². The highest BCUT2D eigenvalue weighted by Crippen LogP contribution is 2.40. The normalized spacial score (nSPS) is 20.9. The third-order valence-electron chi connectivity index (χ3n) is 4.27. The molecule has 3 nitrogen and oxygen atoms in total. The van der Waals surface area contributed by atoms with Gasteiger partial charge in [-0.15, -0.1) is 0 Å². The Kier molecular flexibility index (Phi) is 3.83. The Hall–Kier alpha value is -1.65. The summed E-state index contributed by atoms with van der Waals surface area (Å²) in [5, 5.41) is 0. The summed E-state index contributed by atoms with van der Waals surface area (Å²) in [5.41, 5.74) is 8.09. The van der Waals surface area contributed by atoms with E-state index < -0.39 is 9.84 Å². The largest absolute Gasteiger partial charge is 0.330 e. The molecule has 0 saturated carbocycles. The van der Waals surface area contributed by atoms with Gasteiger partial charge in [0, 0.05) is 5.92 Å². The average Bonchev–Trinajstić information content (AvgIpc) is 2.78. The molecule has 2 atom stereocenters.